The minimum absolute atomic E-state index is 0.0834. The molecule has 0 radical (unpaired) electrons. The lowest BCUT2D eigenvalue weighted by Crippen LogP contribution is -2.32. The number of fused-ring (bicyclic) bond motifs is 1. The summed E-state index contributed by atoms with van der Waals surface area (Å²) in [5.41, 5.74) is 1.72. The molecule has 3 aromatic rings. The lowest BCUT2D eigenvalue weighted by atomic mass is 10.1. The van der Waals surface area contributed by atoms with E-state index in [1.165, 1.54) is 11.9 Å². The molecule has 0 spiro atoms. The molecule has 1 amide bonds. The van der Waals surface area contributed by atoms with Crippen molar-refractivity contribution >= 4 is 34.2 Å². The fourth-order valence-corrected chi connectivity index (χ4v) is 3.58. The Morgan fingerprint density at radius 2 is 2.08 bits per heavy atom. The first-order valence-corrected chi connectivity index (χ1v) is 9.02. The van der Waals surface area contributed by atoms with Crippen molar-refractivity contribution in [2.24, 2.45) is 0 Å². The van der Waals surface area contributed by atoms with Crippen LogP contribution in [0.2, 0.25) is 0 Å². The molecule has 3 rings (SSSR count). The topological polar surface area (TPSA) is 88.3 Å². The number of rotatable bonds is 5. The third-order valence-corrected chi connectivity index (χ3v) is 5.02. The minimum Gasteiger partial charge on any atom is -0.480 e. The van der Waals surface area contributed by atoms with Crippen LogP contribution in [0.1, 0.15) is 35.1 Å². The van der Waals surface area contributed by atoms with E-state index >= 15 is 0 Å². The molecule has 26 heavy (non-hydrogen) atoms. The predicted molar refractivity (Wildman–Crippen MR) is 101 cm³/mol. The zero-order chi connectivity index (χ0) is 19.0. The summed E-state index contributed by atoms with van der Waals surface area (Å²) in [7, 11) is 1.48. The minimum atomic E-state index is -1.06. The van der Waals surface area contributed by atoms with Gasteiger partial charge in [-0.3, -0.25) is 9.59 Å². The highest BCUT2D eigenvalue weighted by Crippen LogP contribution is 2.31. The number of hydrogen-bond acceptors (Lipinski definition) is 5. The Kier molecular flexibility index (Phi) is 4.78. The number of aromatic nitrogens is 3. The molecule has 0 fully saturated rings. The number of likely N-dealkylation sites (N-methyl/N-ethyl adjacent to an activating group) is 1. The van der Waals surface area contributed by atoms with E-state index in [1.807, 2.05) is 32.9 Å². The third kappa shape index (κ3) is 3.32. The Morgan fingerprint density at radius 1 is 1.35 bits per heavy atom. The van der Waals surface area contributed by atoms with Gasteiger partial charge in [-0.1, -0.05) is 0 Å². The van der Waals surface area contributed by atoms with Crippen molar-refractivity contribution in [1.82, 2.24) is 19.7 Å². The van der Waals surface area contributed by atoms with Gasteiger partial charge in [-0.15, -0.1) is 11.3 Å². The van der Waals surface area contributed by atoms with Gasteiger partial charge >= 0.3 is 5.97 Å². The highest BCUT2D eigenvalue weighted by molar-refractivity contribution is 7.15. The Labute approximate surface area is 154 Å². The molecular weight excluding hydrogens is 352 g/mol. The molecule has 0 saturated carbocycles. The van der Waals surface area contributed by atoms with Crippen molar-refractivity contribution in [1.29, 1.82) is 0 Å². The first-order valence-electron chi connectivity index (χ1n) is 8.20. The van der Waals surface area contributed by atoms with Gasteiger partial charge in [0.2, 0.25) is 0 Å². The van der Waals surface area contributed by atoms with Crippen LogP contribution in [0.3, 0.4) is 0 Å². The van der Waals surface area contributed by atoms with Crippen LogP contribution in [0, 0.1) is 6.92 Å². The fraction of sp³-hybridized carbons (Fsp3) is 0.333. The first-order chi connectivity index (χ1) is 12.3. The van der Waals surface area contributed by atoms with Gasteiger partial charge in [-0.05, 0) is 39.0 Å². The summed E-state index contributed by atoms with van der Waals surface area (Å²) in [5, 5.41) is 14.0. The van der Waals surface area contributed by atoms with Gasteiger partial charge in [0.05, 0.1) is 27.7 Å². The molecule has 0 aliphatic rings. The number of thiophene rings is 1. The maximum atomic E-state index is 12.9. The Morgan fingerprint density at radius 3 is 2.65 bits per heavy atom. The van der Waals surface area contributed by atoms with Crippen molar-refractivity contribution in [3.8, 4) is 10.6 Å². The quantitative estimate of drug-likeness (QED) is 0.743. The second kappa shape index (κ2) is 6.87. The lowest BCUT2D eigenvalue weighted by Gasteiger charge is -2.16. The van der Waals surface area contributed by atoms with Crippen LogP contribution in [0.25, 0.3) is 21.6 Å². The van der Waals surface area contributed by atoms with E-state index in [1.54, 1.807) is 28.3 Å². The highest BCUT2D eigenvalue weighted by atomic mass is 32.1. The van der Waals surface area contributed by atoms with Crippen molar-refractivity contribution in [3.05, 3.63) is 34.8 Å². The second-order valence-electron chi connectivity index (χ2n) is 6.44. The number of aliphatic carboxylic acids is 1. The van der Waals surface area contributed by atoms with E-state index in [0.717, 1.165) is 9.75 Å². The zero-order valence-electron chi connectivity index (χ0n) is 15.1. The fourth-order valence-electron chi connectivity index (χ4n) is 2.75. The maximum Gasteiger partial charge on any atom is 0.323 e. The van der Waals surface area contributed by atoms with Crippen molar-refractivity contribution < 1.29 is 14.7 Å². The number of carboxylic acid groups (broad SMARTS) is 1. The van der Waals surface area contributed by atoms with Gasteiger partial charge in [0, 0.05) is 18.0 Å². The van der Waals surface area contributed by atoms with Crippen molar-refractivity contribution in [2.75, 3.05) is 13.6 Å². The van der Waals surface area contributed by atoms with E-state index in [-0.39, 0.29) is 18.5 Å². The molecule has 0 bridgehead atoms. The zero-order valence-corrected chi connectivity index (χ0v) is 15.9. The molecule has 0 atom stereocenters. The number of amides is 1. The molecule has 0 aromatic carbocycles. The molecular formula is C18H20N4O3S. The van der Waals surface area contributed by atoms with Crippen LogP contribution in [0.4, 0.5) is 0 Å². The highest BCUT2D eigenvalue weighted by Gasteiger charge is 2.22. The van der Waals surface area contributed by atoms with Gasteiger partial charge in [0.1, 0.15) is 6.54 Å². The van der Waals surface area contributed by atoms with E-state index in [2.05, 4.69) is 5.10 Å². The largest absolute Gasteiger partial charge is 0.480 e. The van der Waals surface area contributed by atoms with Gasteiger partial charge in [0.15, 0.2) is 5.65 Å². The van der Waals surface area contributed by atoms with E-state index in [4.69, 9.17) is 10.1 Å². The van der Waals surface area contributed by atoms with Gasteiger partial charge in [0.25, 0.3) is 5.91 Å². The van der Waals surface area contributed by atoms with Gasteiger partial charge in [-0.25, -0.2) is 9.67 Å². The summed E-state index contributed by atoms with van der Waals surface area (Å²) < 4.78 is 1.77. The smallest absolute Gasteiger partial charge is 0.323 e. The number of carboxylic acids is 1. The van der Waals surface area contributed by atoms with E-state index < -0.39 is 5.97 Å². The van der Waals surface area contributed by atoms with Crippen LogP contribution >= 0.6 is 11.3 Å². The van der Waals surface area contributed by atoms with Crippen LogP contribution in [0.15, 0.2) is 24.4 Å². The number of pyridine rings is 1. The summed E-state index contributed by atoms with van der Waals surface area (Å²) >= 11 is 1.59. The molecule has 0 aliphatic carbocycles. The monoisotopic (exact) mass is 372 g/mol. The van der Waals surface area contributed by atoms with Crippen LogP contribution < -0.4 is 0 Å². The summed E-state index contributed by atoms with van der Waals surface area (Å²) in [6.07, 6.45) is 1.62. The number of hydrogen-bond donors (Lipinski definition) is 1. The molecule has 136 valence electrons. The summed E-state index contributed by atoms with van der Waals surface area (Å²) in [6.45, 7) is 5.63. The Balaban J connectivity index is 2.20. The normalized spacial score (nSPS) is 11.3. The summed E-state index contributed by atoms with van der Waals surface area (Å²) in [6, 6.07) is 5.78. The molecule has 3 heterocycles. The standard InChI is InChI=1S/C18H20N4O3S/c1-10(2)22-17-13(8-19-22)12(18(25)21(4)9-16(23)24)7-14(20-17)15-6-5-11(3)26-15/h5-8,10H,9H2,1-4H3,(H,23,24). The third-order valence-electron chi connectivity index (χ3n) is 4.00. The summed E-state index contributed by atoms with van der Waals surface area (Å²) in [5.74, 6) is -1.42. The lowest BCUT2D eigenvalue weighted by molar-refractivity contribution is -0.137. The number of nitrogens with zero attached hydrogens (tertiary/aromatic N) is 4. The van der Waals surface area contributed by atoms with Crippen LogP contribution in [0.5, 0.6) is 0 Å². The van der Waals surface area contributed by atoms with Crippen molar-refractivity contribution in [2.45, 2.75) is 26.8 Å². The SMILES string of the molecule is Cc1ccc(-c2cc(C(=O)N(C)CC(=O)O)c3cnn(C(C)C)c3n2)s1. The average molecular weight is 372 g/mol. The molecule has 0 aliphatic heterocycles. The predicted octanol–water partition coefficient (Wildman–Crippen LogP) is 3.21. The Hall–Kier alpha value is -2.74. The molecule has 3 aromatic heterocycles. The molecule has 1 N–H and O–H groups in total. The number of aryl methyl sites for hydroxylation is 1. The molecule has 0 unspecified atom stereocenters. The average Bonchev–Trinajstić information content (AvgIpc) is 3.18. The van der Waals surface area contributed by atoms with Gasteiger partial charge < -0.3 is 10.0 Å². The first kappa shape index (κ1) is 18.1. The van der Waals surface area contributed by atoms with Crippen molar-refractivity contribution in [3.63, 3.8) is 0 Å². The molecule has 8 heteroatoms. The van der Waals surface area contributed by atoms with Crippen LogP contribution in [-0.4, -0.2) is 50.2 Å². The number of carbonyl (C=O) groups is 2. The van der Waals surface area contributed by atoms with Crippen LogP contribution in [-0.2, 0) is 4.79 Å². The maximum absolute atomic E-state index is 12.9. The van der Waals surface area contributed by atoms with E-state index in [0.29, 0.717) is 22.3 Å². The number of carbonyl (C=O) groups excluding carboxylic acids is 1. The summed E-state index contributed by atoms with van der Waals surface area (Å²) in [4.78, 5) is 31.9. The van der Waals surface area contributed by atoms with E-state index in [9.17, 15) is 9.59 Å². The second-order valence-corrected chi connectivity index (χ2v) is 7.73. The molecule has 7 nitrogen and oxygen atoms in total. The Bertz CT molecular complexity index is 990. The van der Waals surface area contributed by atoms with Gasteiger partial charge in [-0.2, -0.15) is 5.10 Å². The molecule has 0 saturated heterocycles.